The molecule has 1 aromatic heterocycles. The van der Waals surface area contributed by atoms with E-state index in [1.807, 2.05) is 0 Å². The minimum atomic E-state index is -0.403. The fourth-order valence-electron chi connectivity index (χ4n) is 9.09. The van der Waals surface area contributed by atoms with Crippen molar-refractivity contribution in [2.45, 2.75) is 12.0 Å². The van der Waals surface area contributed by atoms with Gasteiger partial charge in [-0.3, -0.25) is 0 Å². The molecule has 0 fully saturated rings. The van der Waals surface area contributed by atoms with Crippen LogP contribution < -0.4 is 5.73 Å². The van der Waals surface area contributed by atoms with E-state index in [2.05, 4.69) is 140 Å². The van der Waals surface area contributed by atoms with Gasteiger partial charge in [-0.1, -0.05) is 121 Å². The van der Waals surface area contributed by atoms with Crippen molar-refractivity contribution >= 4 is 43.5 Å². The molecular weight excluding hydrogens is 558 g/mol. The van der Waals surface area contributed by atoms with Crippen LogP contribution in [0.4, 0.5) is 0 Å². The van der Waals surface area contributed by atoms with Crippen LogP contribution in [0.3, 0.4) is 0 Å². The summed E-state index contributed by atoms with van der Waals surface area (Å²) in [5.41, 5.74) is 22.0. The summed E-state index contributed by atoms with van der Waals surface area (Å²) in [7, 11) is 0. The van der Waals surface area contributed by atoms with Gasteiger partial charge in [0.15, 0.2) is 0 Å². The second-order valence-corrected chi connectivity index (χ2v) is 12.9. The quantitative estimate of drug-likeness (QED) is 0.205. The van der Waals surface area contributed by atoms with Crippen LogP contribution in [0.5, 0.6) is 0 Å². The van der Waals surface area contributed by atoms with Gasteiger partial charge in [-0.05, 0) is 101 Å². The maximum Gasteiger partial charge on any atom is 0.136 e. The van der Waals surface area contributed by atoms with E-state index in [0.29, 0.717) is 6.54 Å². The van der Waals surface area contributed by atoms with Gasteiger partial charge < -0.3 is 10.2 Å². The molecule has 2 aliphatic rings. The van der Waals surface area contributed by atoms with Crippen LogP contribution >= 0.6 is 0 Å². The van der Waals surface area contributed by atoms with Crippen LogP contribution in [-0.2, 0) is 12.0 Å². The standard InChI is InChI=1S/C44H27NO/c45-24-25-18-20-33-38(22-25)44(35-13-3-1-8-29(35)30-9-2-4-14-36(30)44)37-15-5-10-27(41(33)37)26-19-21-28-31-11-6-16-39-42(31)43-32(34(28)23-26)12-7-17-40(43)46-39/h1-23H,24,45H2. The second-order valence-electron chi connectivity index (χ2n) is 12.9. The van der Waals surface area contributed by atoms with Crippen LogP contribution in [0.1, 0.15) is 27.8 Å². The summed E-state index contributed by atoms with van der Waals surface area (Å²) in [6.45, 7) is 0.509. The normalized spacial score (nSPS) is 14.0. The molecule has 9 aromatic rings. The predicted octanol–water partition coefficient (Wildman–Crippen LogP) is 10.8. The molecule has 214 valence electrons. The first-order valence-electron chi connectivity index (χ1n) is 16.0. The Morgan fingerprint density at radius 3 is 1.80 bits per heavy atom. The smallest absolute Gasteiger partial charge is 0.136 e. The van der Waals surface area contributed by atoms with E-state index in [-0.39, 0.29) is 0 Å². The number of benzene rings is 8. The van der Waals surface area contributed by atoms with Gasteiger partial charge in [0.2, 0.25) is 0 Å². The molecule has 8 aromatic carbocycles. The summed E-state index contributed by atoms with van der Waals surface area (Å²) in [6.07, 6.45) is 0. The molecule has 11 rings (SSSR count). The molecule has 1 spiro atoms. The minimum absolute atomic E-state index is 0.403. The van der Waals surface area contributed by atoms with E-state index in [0.717, 1.165) is 16.7 Å². The number of hydrogen-bond donors (Lipinski definition) is 1. The highest BCUT2D eigenvalue weighted by Crippen LogP contribution is 2.64. The summed E-state index contributed by atoms with van der Waals surface area (Å²) in [4.78, 5) is 0. The zero-order valence-electron chi connectivity index (χ0n) is 25.0. The van der Waals surface area contributed by atoms with Crippen LogP contribution in [0.15, 0.2) is 144 Å². The first-order chi connectivity index (χ1) is 22.8. The monoisotopic (exact) mass is 585 g/mol. The van der Waals surface area contributed by atoms with E-state index >= 15 is 0 Å². The van der Waals surface area contributed by atoms with Crippen LogP contribution in [0.2, 0.25) is 0 Å². The summed E-state index contributed by atoms with van der Waals surface area (Å²) >= 11 is 0. The van der Waals surface area contributed by atoms with Gasteiger partial charge in [0.25, 0.3) is 0 Å². The number of nitrogens with two attached hydrogens (primary N) is 1. The molecule has 0 saturated carbocycles. The molecule has 0 unspecified atom stereocenters. The van der Waals surface area contributed by atoms with E-state index in [4.69, 9.17) is 10.2 Å². The van der Waals surface area contributed by atoms with Gasteiger partial charge in [0.1, 0.15) is 11.2 Å². The molecule has 0 atom stereocenters. The van der Waals surface area contributed by atoms with E-state index in [9.17, 15) is 0 Å². The van der Waals surface area contributed by atoms with Gasteiger partial charge in [0.05, 0.1) is 5.41 Å². The van der Waals surface area contributed by atoms with Crippen LogP contribution in [0, 0.1) is 0 Å². The summed E-state index contributed by atoms with van der Waals surface area (Å²) in [6, 6.07) is 51.7. The largest absolute Gasteiger partial charge is 0.456 e. The van der Waals surface area contributed by atoms with Crippen molar-refractivity contribution in [1.29, 1.82) is 0 Å². The van der Waals surface area contributed by atoms with Crippen molar-refractivity contribution in [3.05, 3.63) is 167 Å². The first-order valence-corrected chi connectivity index (χ1v) is 16.0. The molecule has 2 aliphatic carbocycles. The summed E-state index contributed by atoms with van der Waals surface area (Å²) < 4.78 is 6.32. The van der Waals surface area contributed by atoms with Crippen LogP contribution in [0.25, 0.3) is 76.9 Å². The zero-order valence-corrected chi connectivity index (χ0v) is 25.0. The number of rotatable bonds is 2. The Morgan fingerprint density at radius 1 is 0.457 bits per heavy atom. The van der Waals surface area contributed by atoms with Gasteiger partial charge in [0, 0.05) is 17.3 Å². The van der Waals surface area contributed by atoms with Crippen molar-refractivity contribution in [3.8, 4) is 33.4 Å². The highest BCUT2D eigenvalue weighted by atomic mass is 16.3. The van der Waals surface area contributed by atoms with Gasteiger partial charge >= 0.3 is 0 Å². The molecule has 0 bridgehead atoms. The molecule has 0 saturated heterocycles. The Labute approximate surface area is 265 Å². The topological polar surface area (TPSA) is 39.2 Å². The van der Waals surface area contributed by atoms with Crippen molar-refractivity contribution in [3.63, 3.8) is 0 Å². The molecule has 2 heteroatoms. The minimum Gasteiger partial charge on any atom is -0.456 e. The fourth-order valence-corrected chi connectivity index (χ4v) is 9.09. The molecule has 0 aliphatic heterocycles. The SMILES string of the molecule is NCc1ccc2c(c1)C1(c3ccccc3-c3ccccc31)c1cccc(-c3ccc4c(c3)c3cccc5oc6cccc4c6c53)c1-2. The zero-order chi connectivity index (χ0) is 30.1. The van der Waals surface area contributed by atoms with E-state index in [1.165, 1.54) is 88.0 Å². The Morgan fingerprint density at radius 2 is 1.09 bits per heavy atom. The van der Waals surface area contributed by atoms with Gasteiger partial charge in [-0.2, -0.15) is 0 Å². The maximum absolute atomic E-state index is 6.32. The third-order valence-electron chi connectivity index (χ3n) is 10.8. The van der Waals surface area contributed by atoms with E-state index in [1.54, 1.807) is 0 Å². The number of hydrogen-bond acceptors (Lipinski definition) is 2. The lowest BCUT2D eigenvalue weighted by Crippen LogP contribution is -2.26. The van der Waals surface area contributed by atoms with Gasteiger partial charge in [-0.15, -0.1) is 0 Å². The Hall–Kier alpha value is -5.70. The molecule has 2 N–H and O–H groups in total. The Balaban J connectivity index is 1.26. The van der Waals surface area contributed by atoms with Crippen molar-refractivity contribution in [1.82, 2.24) is 0 Å². The summed E-state index contributed by atoms with van der Waals surface area (Å²) in [5, 5.41) is 7.43. The number of furan rings is 1. The van der Waals surface area contributed by atoms with Crippen molar-refractivity contribution in [2.75, 3.05) is 0 Å². The molecule has 2 nitrogen and oxygen atoms in total. The van der Waals surface area contributed by atoms with Crippen LogP contribution in [-0.4, -0.2) is 0 Å². The Kier molecular flexibility index (Phi) is 4.55. The highest BCUT2D eigenvalue weighted by Gasteiger charge is 2.52. The number of fused-ring (bicyclic) bond motifs is 13. The third-order valence-corrected chi connectivity index (χ3v) is 10.8. The predicted molar refractivity (Wildman–Crippen MR) is 190 cm³/mol. The maximum atomic E-state index is 6.32. The average molecular weight is 586 g/mol. The molecule has 1 heterocycles. The lowest BCUT2D eigenvalue weighted by molar-refractivity contribution is 0.669. The first kappa shape index (κ1) is 24.6. The Bertz CT molecular complexity index is 2700. The second kappa shape index (κ2) is 8.51. The highest BCUT2D eigenvalue weighted by molar-refractivity contribution is 6.33. The fraction of sp³-hybridized carbons (Fsp3) is 0.0455. The average Bonchev–Trinajstić information content (AvgIpc) is 3.75. The van der Waals surface area contributed by atoms with Crippen molar-refractivity contribution in [2.24, 2.45) is 5.73 Å². The van der Waals surface area contributed by atoms with Gasteiger partial charge in [-0.25, -0.2) is 0 Å². The molecule has 0 amide bonds. The molecular formula is C44H27NO. The van der Waals surface area contributed by atoms with E-state index < -0.39 is 5.41 Å². The van der Waals surface area contributed by atoms with Crippen molar-refractivity contribution < 1.29 is 4.42 Å². The molecule has 0 radical (unpaired) electrons. The lowest BCUT2D eigenvalue weighted by Gasteiger charge is -2.30. The molecule has 46 heavy (non-hydrogen) atoms. The summed E-state index contributed by atoms with van der Waals surface area (Å²) in [5.74, 6) is 0. The lowest BCUT2D eigenvalue weighted by atomic mass is 9.70. The third kappa shape index (κ3) is 2.79.